The third-order valence-electron chi connectivity index (χ3n) is 5.00. The Morgan fingerprint density at radius 3 is 2.89 bits per heavy atom. The van der Waals surface area contributed by atoms with Gasteiger partial charge < -0.3 is 20.7 Å². The van der Waals surface area contributed by atoms with Gasteiger partial charge in [-0.3, -0.25) is 4.98 Å². The predicted molar refractivity (Wildman–Crippen MR) is 107 cm³/mol. The minimum Gasteiger partial charge on any atom is -0.378 e. The predicted octanol–water partition coefficient (Wildman–Crippen LogP) is 1.91. The van der Waals surface area contributed by atoms with Gasteiger partial charge in [-0.15, -0.1) is 0 Å². The Morgan fingerprint density at radius 2 is 2.07 bits per heavy atom. The highest BCUT2D eigenvalue weighted by Crippen LogP contribution is 2.21. The molecule has 0 amide bonds. The van der Waals surface area contributed by atoms with Crippen molar-refractivity contribution >= 4 is 22.7 Å². The summed E-state index contributed by atoms with van der Waals surface area (Å²) in [5, 5.41) is 4.75. The lowest BCUT2D eigenvalue weighted by atomic mass is 10.1. The van der Waals surface area contributed by atoms with E-state index in [1.54, 1.807) is 13.3 Å². The van der Waals surface area contributed by atoms with Gasteiger partial charge in [0.15, 0.2) is 0 Å². The van der Waals surface area contributed by atoms with Crippen molar-refractivity contribution in [2.45, 2.75) is 25.6 Å². The highest BCUT2D eigenvalue weighted by atomic mass is 16.5. The Labute approximate surface area is 158 Å². The molecule has 3 aromatic rings. The summed E-state index contributed by atoms with van der Waals surface area (Å²) in [4.78, 5) is 15.2. The molecule has 3 N–H and O–H groups in total. The molecule has 2 aromatic heterocycles. The Morgan fingerprint density at radius 1 is 1.19 bits per heavy atom. The van der Waals surface area contributed by atoms with Gasteiger partial charge in [-0.2, -0.15) is 4.98 Å². The maximum absolute atomic E-state index is 5.71. The van der Waals surface area contributed by atoms with E-state index in [-0.39, 0.29) is 18.1 Å². The van der Waals surface area contributed by atoms with E-state index in [0.717, 1.165) is 30.1 Å². The van der Waals surface area contributed by atoms with Crippen molar-refractivity contribution in [3.63, 3.8) is 0 Å². The molecule has 1 fully saturated rings. The number of hydrogen-bond donors (Lipinski definition) is 2. The van der Waals surface area contributed by atoms with E-state index in [1.807, 2.05) is 6.07 Å². The molecule has 27 heavy (non-hydrogen) atoms. The maximum Gasteiger partial charge on any atom is 0.221 e. The molecule has 0 unspecified atom stereocenters. The third kappa shape index (κ3) is 3.84. The van der Waals surface area contributed by atoms with Crippen LogP contribution >= 0.6 is 0 Å². The first kappa shape index (κ1) is 17.6. The molecule has 0 aliphatic carbocycles. The number of anilines is 2. The number of hydrogen-bond acceptors (Lipinski definition) is 7. The lowest BCUT2D eigenvalue weighted by molar-refractivity contribution is 0.0966. The molecular formula is C20H24N6O. The molecule has 1 aromatic carbocycles. The van der Waals surface area contributed by atoms with Crippen LogP contribution in [0.3, 0.4) is 0 Å². The molecular weight excluding hydrogens is 340 g/mol. The van der Waals surface area contributed by atoms with Gasteiger partial charge in [0.2, 0.25) is 5.95 Å². The fourth-order valence-corrected chi connectivity index (χ4v) is 3.56. The number of aryl methyl sites for hydroxylation is 1. The molecule has 0 bridgehead atoms. The number of nitrogens with one attached hydrogen (secondary N) is 1. The van der Waals surface area contributed by atoms with Crippen LogP contribution in [0.25, 0.3) is 10.9 Å². The lowest BCUT2D eigenvalue weighted by Crippen LogP contribution is -2.39. The summed E-state index contributed by atoms with van der Waals surface area (Å²) in [6.07, 6.45) is 1.75. The molecule has 3 heterocycles. The first-order chi connectivity index (χ1) is 13.1. The van der Waals surface area contributed by atoms with Crippen molar-refractivity contribution in [2.24, 2.45) is 0 Å². The molecule has 1 aliphatic rings. The van der Waals surface area contributed by atoms with E-state index >= 15 is 0 Å². The molecule has 7 heteroatoms. The van der Waals surface area contributed by atoms with Crippen LogP contribution in [-0.4, -0.2) is 47.3 Å². The number of nitrogen functional groups attached to an aromatic ring is 1. The number of aromatic nitrogens is 3. The van der Waals surface area contributed by atoms with Crippen LogP contribution in [0.5, 0.6) is 0 Å². The summed E-state index contributed by atoms with van der Waals surface area (Å²) < 4.78 is 5.68. The van der Waals surface area contributed by atoms with Crippen LogP contribution in [0.4, 0.5) is 11.8 Å². The van der Waals surface area contributed by atoms with Crippen molar-refractivity contribution in [3.05, 3.63) is 53.9 Å². The Balaban J connectivity index is 1.44. The number of ether oxygens (including phenoxy) is 1. The van der Waals surface area contributed by atoms with Gasteiger partial charge in [0.05, 0.1) is 23.4 Å². The summed E-state index contributed by atoms with van der Waals surface area (Å²) in [6, 6.07) is 12.6. The lowest BCUT2D eigenvalue weighted by Gasteiger charge is -2.18. The number of rotatable bonds is 5. The first-order valence-electron chi connectivity index (χ1n) is 9.08. The second kappa shape index (κ2) is 7.46. The van der Waals surface area contributed by atoms with E-state index in [9.17, 15) is 0 Å². The fourth-order valence-electron chi connectivity index (χ4n) is 3.56. The average molecular weight is 364 g/mol. The van der Waals surface area contributed by atoms with E-state index < -0.39 is 0 Å². The SMILES string of the molecule is CO[C@@H]1CN(c2ccnc(N)n2)C[C@@H]1NCc1ccc2cc(C)ccc2n1. The summed E-state index contributed by atoms with van der Waals surface area (Å²) in [5.74, 6) is 1.11. The van der Waals surface area contributed by atoms with Gasteiger partial charge >= 0.3 is 0 Å². The van der Waals surface area contributed by atoms with Crippen molar-refractivity contribution in [1.82, 2.24) is 20.3 Å². The van der Waals surface area contributed by atoms with E-state index in [1.165, 1.54) is 10.9 Å². The smallest absolute Gasteiger partial charge is 0.221 e. The Kier molecular flexibility index (Phi) is 4.87. The van der Waals surface area contributed by atoms with Crippen LogP contribution in [0.2, 0.25) is 0 Å². The molecule has 1 aliphatic heterocycles. The Bertz CT molecular complexity index is 947. The van der Waals surface area contributed by atoms with Crippen molar-refractivity contribution in [1.29, 1.82) is 0 Å². The largest absolute Gasteiger partial charge is 0.378 e. The van der Waals surface area contributed by atoms with Gasteiger partial charge in [0, 0.05) is 38.3 Å². The van der Waals surface area contributed by atoms with Crippen LogP contribution in [0, 0.1) is 6.92 Å². The maximum atomic E-state index is 5.71. The molecule has 2 atom stereocenters. The first-order valence-corrected chi connectivity index (χ1v) is 9.08. The second-order valence-electron chi connectivity index (χ2n) is 6.94. The zero-order chi connectivity index (χ0) is 18.8. The van der Waals surface area contributed by atoms with Gasteiger partial charge in [-0.25, -0.2) is 4.98 Å². The van der Waals surface area contributed by atoms with E-state index in [4.69, 9.17) is 15.5 Å². The van der Waals surface area contributed by atoms with Gasteiger partial charge in [-0.05, 0) is 31.2 Å². The van der Waals surface area contributed by atoms with Crippen LogP contribution in [0.1, 0.15) is 11.3 Å². The third-order valence-corrected chi connectivity index (χ3v) is 5.00. The number of fused-ring (bicyclic) bond motifs is 1. The van der Waals surface area contributed by atoms with Crippen LogP contribution in [-0.2, 0) is 11.3 Å². The minimum atomic E-state index is 0.0734. The quantitative estimate of drug-likeness (QED) is 0.715. The monoisotopic (exact) mass is 364 g/mol. The highest BCUT2D eigenvalue weighted by molar-refractivity contribution is 5.79. The average Bonchev–Trinajstić information content (AvgIpc) is 3.09. The second-order valence-corrected chi connectivity index (χ2v) is 6.94. The molecule has 0 saturated carbocycles. The van der Waals surface area contributed by atoms with Gasteiger partial charge in [-0.1, -0.05) is 17.7 Å². The number of methoxy groups -OCH3 is 1. The summed E-state index contributed by atoms with van der Waals surface area (Å²) >= 11 is 0. The van der Waals surface area contributed by atoms with E-state index in [2.05, 4.69) is 57.4 Å². The van der Waals surface area contributed by atoms with Crippen LogP contribution in [0.15, 0.2) is 42.6 Å². The minimum absolute atomic E-state index is 0.0734. The number of benzene rings is 1. The molecule has 0 spiro atoms. The number of nitrogens with zero attached hydrogens (tertiary/aromatic N) is 4. The number of nitrogens with two attached hydrogens (primary N) is 1. The summed E-state index contributed by atoms with van der Waals surface area (Å²) in [7, 11) is 1.74. The Hall–Kier alpha value is -2.77. The normalized spacial score (nSPS) is 19.7. The standard InChI is InChI=1S/C20H24N6O/c1-13-3-6-16-14(9-13)4-5-15(24-16)10-23-17-11-26(12-18(17)27-2)19-7-8-22-20(21)25-19/h3-9,17-18,23H,10-12H2,1-2H3,(H2,21,22,25)/t17-,18+/m0/s1. The molecule has 4 rings (SSSR count). The topological polar surface area (TPSA) is 89.2 Å². The van der Waals surface area contributed by atoms with Crippen molar-refractivity contribution in [3.8, 4) is 0 Å². The number of pyridine rings is 1. The molecule has 0 radical (unpaired) electrons. The zero-order valence-electron chi connectivity index (χ0n) is 15.6. The van der Waals surface area contributed by atoms with E-state index in [0.29, 0.717) is 6.54 Å². The molecule has 1 saturated heterocycles. The van der Waals surface area contributed by atoms with Crippen LogP contribution < -0.4 is 16.0 Å². The molecule has 7 nitrogen and oxygen atoms in total. The van der Waals surface area contributed by atoms with Crippen molar-refractivity contribution < 1.29 is 4.74 Å². The highest BCUT2D eigenvalue weighted by Gasteiger charge is 2.33. The van der Waals surface area contributed by atoms with Gasteiger partial charge in [0.1, 0.15) is 5.82 Å². The molecule has 140 valence electrons. The summed E-state index contributed by atoms with van der Waals surface area (Å²) in [6.45, 7) is 4.34. The zero-order valence-corrected chi connectivity index (χ0v) is 15.6. The van der Waals surface area contributed by atoms with Crippen molar-refractivity contribution in [2.75, 3.05) is 30.8 Å². The summed E-state index contributed by atoms with van der Waals surface area (Å²) in [5.41, 5.74) is 9.00. The fraction of sp³-hybridized carbons (Fsp3) is 0.350. The van der Waals surface area contributed by atoms with Gasteiger partial charge in [0.25, 0.3) is 0 Å².